The summed E-state index contributed by atoms with van der Waals surface area (Å²) >= 11 is 12.5. The van der Waals surface area contributed by atoms with E-state index in [2.05, 4.69) is 13.8 Å². The molecule has 0 heterocycles. The molecular weight excluding hydrogens is 267 g/mol. The van der Waals surface area contributed by atoms with Crippen LogP contribution in [0.25, 0.3) is 0 Å². The minimum atomic E-state index is 0.0863. The maximum Gasteiger partial charge on any atom is 0.120 e. The minimum Gasteiger partial charge on any atom is -0.490 e. The Kier molecular flexibility index (Phi) is 3.85. The molecule has 0 aromatic heterocycles. The Bertz CT molecular complexity index is 435. The molecule has 3 heteroatoms. The lowest BCUT2D eigenvalue weighted by Gasteiger charge is -2.50. The van der Waals surface area contributed by atoms with Gasteiger partial charge in [-0.25, -0.2) is 0 Å². The van der Waals surface area contributed by atoms with Gasteiger partial charge in [-0.1, -0.05) is 25.4 Å². The summed E-state index contributed by atoms with van der Waals surface area (Å²) in [5, 5.41) is 1.05. The first kappa shape index (κ1) is 14.0. The van der Waals surface area contributed by atoms with Gasteiger partial charge in [-0.05, 0) is 43.5 Å². The fourth-order valence-electron chi connectivity index (χ4n) is 2.54. The van der Waals surface area contributed by atoms with E-state index in [1.54, 1.807) is 0 Å². The lowest BCUT2D eigenvalue weighted by molar-refractivity contribution is -0.0295. The van der Waals surface area contributed by atoms with Gasteiger partial charge in [0.1, 0.15) is 11.9 Å². The van der Waals surface area contributed by atoms with Crippen LogP contribution in [0.3, 0.4) is 0 Å². The molecule has 3 atom stereocenters. The Balaban J connectivity index is 2.16. The third-order valence-corrected chi connectivity index (χ3v) is 5.60. The number of aryl methyl sites for hydroxylation is 2. The molecule has 1 aromatic rings. The molecule has 0 bridgehead atoms. The summed E-state index contributed by atoms with van der Waals surface area (Å²) in [6.45, 7) is 8.39. The van der Waals surface area contributed by atoms with Crippen molar-refractivity contribution < 1.29 is 4.74 Å². The van der Waals surface area contributed by atoms with E-state index in [4.69, 9.17) is 27.9 Å². The van der Waals surface area contributed by atoms with Gasteiger partial charge in [0.15, 0.2) is 0 Å². The Morgan fingerprint density at radius 1 is 1.33 bits per heavy atom. The van der Waals surface area contributed by atoms with Crippen LogP contribution in [0, 0.1) is 19.3 Å². The molecule has 0 amide bonds. The van der Waals surface area contributed by atoms with Crippen LogP contribution in [-0.2, 0) is 0 Å². The Labute approximate surface area is 119 Å². The summed E-state index contributed by atoms with van der Waals surface area (Å²) in [6.07, 6.45) is 2.18. The predicted molar refractivity (Wildman–Crippen MR) is 78.0 cm³/mol. The highest BCUT2D eigenvalue weighted by atomic mass is 35.5. The standard InChI is InChI=1S/C15H20Cl2O/c1-5-15(4)12(16)8-13(15)18-11-6-9(2)14(17)10(3)7-11/h6-7,12-13H,5,8H2,1-4H3. The molecule has 0 N–H and O–H groups in total. The highest BCUT2D eigenvalue weighted by Gasteiger charge is 2.51. The van der Waals surface area contributed by atoms with E-state index < -0.39 is 0 Å². The van der Waals surface area contributed by atoms with Crippen LogP contribution in [0.5, 0.6) is 5.75 Å². The lowest BCUT2D eigenvalue weighted by atomic mass is 9.65. The monoisotopic (exact) mass is 286 g/mol. The zero-order valence-corrected chi connectivity index (χ0v) is 12.9. The van der Waals surface area contributed by atoms with E-state index in [1.807, 2.05) is 26.0 Å². The first-order valence-corrected chi connectivity index (χ1v) is 7.27. The molecule has 3 unspecified atom stereocenters. The number of rotatable bonds is 3. The summed E-state index contributed by atoms with van der Waals surface area (Å²) in [5.74, 6) is 0.905. The Hall–Kier alpha value is -0.400. The SMILES string of the molecule is CCC1(C)C(Cl)CC1Oc1cc(C)c(Cl)c(C)c1. The molecule has 18 heavy (non-hydrogen) atoms. The van der Waals surface area contributed by atoms with Gasteiger partial charge in [-0.2, -0.15) is 0 Å². The largest absolute Gasteiger partial charge is 0.490 e. The average Bonchev–Trinajstić information content (AvgIpc) is 2.34. The average molecular weight is 287 g/mol. The van der Waals surface area contributed by atoms with Crippen molar-refractivity contribution in [3.63, 3.8) is 0 Å². The van der Waals surface area contributed by atoms with Crippen molar-refractivity contribution >= 4 is 23.2 Å². The van der Waals surface area contributed by atoms with Crippen LogP contribution in [0.4, 0.5) is 0 Å². The van der Waals surface area contributed by atoms with Crippen LogP contribution in [0.15, 0.2) is 12.1 Å². The predicted octanol–water partition coefficient (Wildman–Crippen LogP) is 5.13. The summed E-state index contributed by atoms with van der Waals surface area (Å²) in [5.41, 5.74) is 2.21. The van der Waals surface area contributed by atoms with Crippen molar-refractivity contribution in [2.45, 2.75) is 52.0 Å². The third kappa shape index (κ3) is 2.23. The first-order chi connectivity index (χ1) is 8.38. The molecule has 0 saturated heterocycles. The zero-order chi connectivity index (χ0) is 13.5. The van der Waals surface area contributed by atoms with Gasteiger partial charge in [-0.15, -0.1) is 11.6 Å². The number of ether oxygens (including phenoxy) is 1. The summed E-state index contributed by atoms with van der Waals surface area (Å²) in [4.78, 5) is 0. The maximum atomic E-state index is 6.30. The van der Waals surface area contributed by atoms with E-state index in [0.29, 0.717) is 0 Å². The van der Waals surface area contributed by atoms with E-state index in [1.165, 1.54) is 0 Å². The van der Waals surface area contributed by atoms with Crippen LogP contribution < -0.4 is 4.74 Å². The number of alkyl halides is 1. The zero-order valence-electron chi connectivity index (χ0n) is 11.4. The topological polar surface area (TPSA) is 9.23 Å². The third-order valence-electron chi connectivity index (χ3n) is 4.32. The maximum absolute atomic E-state index is 6.30. The number of halogens is 2. The summed E-state index contributed by atoms with van der Waals surface area (Å²) < 4.78 is 6.10. The second-order valence-electron chi connectivity index (χ2n) is 5.54. The van der Waals surface area contributed by atoms with Crippen molar-refractivity contribution in [2.75, 3.05) is 0 Å². The van der Waals surface area contributed by atoms with Gasteiger partial charge in [0, 0.05) is 22.2 Å². The molecule has 1 saturated carbocycles. The van der Waals surface area contributed by atoms with Gasteiger partial charge >= 0.3 is 0 Å². The van der Waals surface area contributed by atoms with E-state index in [0.717, 1.165) is 34.7 Å². The van der Waals surface area contributed by atoms with Crippen molar-refractivity contribution in [1.82, 2.24) is 0 Å². The van der Waals surface area contributed by atoms with Gasteiger partial charge in [0.2, 0.25) is 0 Å². The van der Waals surface area contributed by atoms with Crippen molar-refractivity contribution in [1.29, 1.82) is 0 Å². The van der Waals surface area contributed by atoms with Crippen LogP contribution in [0.1, 0.15) is 37.8 Å². The van der Waals surface area contributed by atoms with E-state index in [9.17, 15) is 0 Å². The number of benzene rings is 1. The minimum absolute atomic E-state index is 0.0863. The molecule has 100 valence electrons. The van der Waals surface area contributed by atoms with Crippen LogP contribution >= 0.6 is 23.2 Å². The Morgan fingerprint density at radius 2 is 1.89 bits per heavy atom. The lowest BCUT2D eigenvalue weighted by Crippen LogP contribution is -2.55. The van der Waals surface area contributed by atoms with Crippen molar-refractivity contribution in [3.05, 3.63) is 28.3 Å². The molecule has 1 aliphatic rings. The normalized spacial score (nSPS) is 31.0. The van der Waals surface area contributed by atoms with Gasteiger partial charge in [-0.3, -0.25) is 0 Å². The molecule has 2 rings (SSSR count). The van der Waals surface area contributed by atoms with E-state index >= 15 is 0 Å². The van der Waals surface area contributed by atoms with E-state index in [-0.39, 0.29) is 16.9 Å². The first-order valence-electron chi connectivity index (χ1n) is 6.46. The van der Waals surface area contributed by atoms with Crippen LogP contribution in [-0.4, -0.2) is 11.5 Å². The number of hydrogen-bond acceptors (Lipinski definition) is 1. The second-order valence-corrected chi connectivity index (χ2v) is 6.44. The fourth-order valence-corrected chi connectivity index (χ4v) is 3.10. The molecule has 1 fully saturated rings. The molecule has 0 aliphatic heterocycles. The summed E-state index contributed by atoms with van der Waals surface area (Å²) in [6, 6.07) is 4.01. The Morgan fingerprint density at radius 3 is 2.33 bits per heavy atom. The summed E-state index contributed by atoms with van der Waals surface area (Å²) in [7, 11) is 0. The molecule has 1 aromatic carbocycles. The molecular formula is C15H20Cl2O. The second kappa shape index (κ2) is 4.94. The molecule has 1 aliphatic carbocycles. The quantitative estimate of drug-likeness (QED) is 0.700. The van der Waals surface area contributed by atoms with Gasteiger partial charge < -0.3 is 4.74 Å². The molecule has 1 nitrogen and oxygen atoms in total. The molecule has 0 radical (unpaired) electrons. The van der Waals surface area contributed by atoms with Crippen molar-refractivity contribution in [3.8, 4) is 5.75 Å². The highest BCUT2D eigenvalue weighted by Crippen LogP contribution is 2.49. The fraction of sp³-hybridized carbons (Fsp3) is 0.600. The van der Waals surface area contributed by atoms with Gasteiger partial charge in [0.05, 0.1) is 0 Å². The smallest absolute Gasteiger partial charge is 0.120 e. The van der Waals surface area contributed by atoms with Crippen LogP contribution in [0.2, 0.25) is 5.02 Å². The number of hydrogen-bond donors (Lipinski definition) is 0. The van der Waals surface area contributed by atoms with Gasteiger partial charge in [0.25, 0.3) is 0 Å². The molecule has 0 spiro atoms. The van der Waals surface area contributed by atoms with Crippen molar-refractivity contribution in [2.24, 2.45) is 5.41 Å². The highest BCUT2D eigenvalue weighted by molar-refractivity contribution is 6.32.